The second kappa shape index (κ2) is 7.89. The van der Waals surface area contributed by atoms with E-state index in [0.717, 1.165) is 0 Å². The quantitative estimate of drug-likeness (QED) is 0.759. The Kier molecular flexibility index (Phi) is 5.90. The lowest BCUT2D eigenvalue weighted by atomic mass is 10.0. The first-order chi connectivity index (χ1) is 11.0. The normalized spacial score (nSPS) is 12.0. The average molecular weight is 331 g/mol. The van der Waals surface area contributed by atoms with E-state index in [0.29, 0.717) is 28.6 Å². The van der Waals surface area contributed by atoms with Crippen LogP contribution >= 0.6 is 11.3 Å². The van der Waals surface area contributed by atoms with Crippen molar-refractivity contribution >= 4 is 34.5 Å². The summed E-state index contributed by atoms with van der Waals surface area (Å²) in [5.41, 5.74) is 7.18. The van der Waals surface area contributed by atoms with E-state index in [1.54, 1.807) is 30.3 Å². The molecular weight excluding hydrogens is 310 g/mol. The van der Waals surface area contributed by atoms with Gasteiger partial charge in [-0.25, -0.2) is 0 Å². The van der Waals surface area contributed by atoms with Gasteiger partial charge in [-0.2, -0.15) is 0 Å². The van der Waals surface area contributed by atoms with Crippen LogP contribution < -0.4 is 16.4 Å². The second-order valence-corrected chi connectivity index (χ2v) is 6.68. The Labute approximate surface area is 139 Å². The van der Waals surface area contributed by atoms with E-state index in [4.69, 9.17) is 5.73 Å². The Morgan fingerprint density at radius 2 is 1.70 bits per heavy atom. The molecule has 0 spiro atoms. The van der Waals surface area contributed by atoms with Gasteiger partial charge in [-0.15, -0.1) is 11.3 Å². The highest BCUT2D eigenvalue weighted by atomic mass is 32.1. The molecule has 0 unspecified atom stereocenters. The van der Waals surface area contributed by atoms with Crippen LogP contribution in [-0.4, -0.2) is 17.9 Å². The molecule has 5 nitrogen and oxygen atoms in total. The van der Waals surface area contributed by atoms with Crippen LogP contribution in [0.3, 0.4) is 0 Å². The van der Waals surface area contributed by atoms with Crippen LogP contribution in [0.4, 0.5) is 11.4 Å². The number of carbonyl (C=O) groups is 2. The number of nitrogens with one attached hydrogen (secondary N) is 2. The van der Waals surface area contributed by atoms with E-state index < -0.39 is 6.04 Å². The zero-order chi connectivity index (χ0) is 16.8. The SMILES string of the molecule is CC(C)C[C@H](N)C(=O)Nc1ccc(NC(=O)c2cccs2)cc1. The highest BCUT2D eigenvalue weighted by Gasteiger charge is 2.15. The second-order valence-electron chi connectivity index (χ2n) is 5.73. The number of carbonyl (C=O) groups excluding carboxylic acids is 2. The van der Waals surface area contributed by atoms with Crippen molar-refractivity contribution < 1.29 is 9.59 Å². The predicted octanol–water partition coefficient (Wildman–Crippen LogP) is 3.31. The number of benzene rings is 1. The summed E-state index contributed by atoms with van der Waals surface area (Å²) < 4.78 is 0. The molecule has 23 heavy (non-hydrogen) atoms. The first-order valence-corrected chi connectivity index (χ1v) is 8.35. The lowest BCUT2D eigenvalue weighted by Crippen LogP contribution is -2.36. The molecule has 0 radical (unpaired) electrons. The van der Waals surface area contributed by atoms with Gasteiger partial charge in [-0.05, 0) is 48.1 Å². The fraction of sp³-hybridized carbons (Fsp3) is 0.294. The van der Waals surface area contributed by atoms with Crippen molar-refractivity contribution in [3.8, 4) is 0 Å². The third-order valence-corrected chi connectivity index (χ3v) is 4.09. The molecule has 0 bridgehead atoms. The molecule has 1 aromatic heterocycles. The van der Waals surface area contributed by atoms with Crippen molar-refractivity contribution in [3.05, 3.63) is 46.7 Å². The van der Waals surface area contributed by atoms with Crippen LogP contribution in [0.15, 0.2) is 41.8 Å². The Bertz CT molecular complexity index is 651. The third kappa shape index (κ3) is 5.19. The zero-order valence-electron chi connectivity index (χ0n) is 13.2. The summed E-state index contributed by atoms with van der Waals surface area (Å²) in [4.78, 5) is 24.6. The van der Waals surface area contributed by atoms with Gasteiger partial charge in [0.05, 0.1) is 10.9 Å². The average Bonchev–Trinajstić information content (AvgIpc) is 3.03. The van der Waals surface area contributed by atoms with Gasteiger partial charge in [0.25, 0.3) is 5.91 Å². The predicted molar refractivity (Wildman–Crippen MR) is 94.8 cm³/mol. The van der Waals surface area contributed by atoms with Gasteiger partial charge in [0.15, 0.2) is 0 Å². The van der Waals surface area contributed by atoms with Crippen molar-refractivity contribution in [1.29, 1.82) is 0 Å². The summed E-state index contributed by atoms with van der Waals surface area (Å²) in [5, 5.41) is 7.44. The largest absolute Gasteiger partial charge is 0.325 e. The monoisotopic (exact) mass is 331 g/mol. The summed E-state index contributed by atoms with van der Waals surface area (Å²) >= 11 is 1.39. The van der Waals surface area contributed by atoms with E-state index in [2.05, 4.69) is 10.6 Å². The molecule has 0 saturated heterocycles. The number of hydrogen-bond donors (Lipinski definition) is 3. The molecule has 122 valence electrons. The van der Waals surface area contributed by atoms with E-state index in [1.165, 1.54) is 11.3 Å². The Morgan fingerprint density at radius 3 is 2.22 bits per heavy atom. The van der Waals surface area contributed by atoms with E-state index in [1.807, 2.05) is 25.3 Å². The Balaban J connectivity index is 1.92. The first kappa shape index (κ1) is 17.2. The van der Waals surface area contributed by atoms with Gasteiger partial charge < -0.3 is 16.4 Å². The number of amides is 2. The number of anilines is 2. The van der Waals surface area contributed by atoms with Crippen molar-refractivity contribution in [3.63, 3.8) is 0 Å². The summed E-state index contributed by atoms with van der Waals surface area (Å²) in [6.07, 6.45) is 0.640. The van der Waals surface area contributed by atoms with Crippen molar-refractivity contribution in [1.82, 2.24) is 0 Å². The van der Waals surface area contributed by atoms with E-state index in [9.17, 15) is 9.59 Å². The molecule has 0 aliphatic carbocycles. The maximum absolute atomic E-state index is 12.0. The van der Waals surface area contributed by atoms with Gasteiger partial charge in [-0.1, -0.05) is 19.9 Å². The first-order valence-electron chi connectivity index (χ1n) is 7.47. The molecule has 6 heteroatoms. The van der Waals surface area contributed by atoms with Crippen LogP contribution in [0.25, 0.3) is 0 Å². The van der Waals surface area contributed by atoms with Crippen molar-refractivity contribution in [2.24, 2.45) is 11.7 Å². The molecule has 1 aromatic carbocycles. The van der Waals surface area contributed by atoms with E-state index in [-0.39, 0.29) is 11.8 Å². The molecule has 2 aromatic rings. The third-order valence-electron chi connectivity index (χ3n) is 3.22. The van der Waals surface area contributed by atoms with Gasteiger partial charge in [0.1, 0.15) is 0 Å². The summed E-state index contributed by atoms with van der Waals surface area (Å²) in [6.45, 7) is 4.05. The minimum Gasteiger partial charge on any atom is -0.325 e. The van der Waals surface area contributed by atoms with E-state index >= 15 is 0 Å². The molecule has 1 heterocycles. The minimum absolute atomic E-state index is 0.143. The zero-order valence-corrected chi connectivity index (χ0v) is 14.0. The summed E-state index contributed by atoms with van der Waals surface area (Å²) in [5.74, 6) is 0.0235. The summed E-state index contributed by atoms with van der Waals surface area (Å²) in [7, 11) is 0. The molecule has 2 rings (SSSR count). The van der Waals surface area contributed by atoms with Gasteiger partial charge >= 0.3 is 0 Å². The van der Waals surface area contributed by atoms with Gasteiger partial charge in [0, 0.05) is 11.4 Å². The van der Waals surface area contributed by atoms with Crippen LogP contribution in [0.1, 0.15) is 29.9 Å². The van der Waals surface area contributed by atoms with Crippen LogP contribution in [0.2, 0.25) is 0 Å². The van der Waals surface area contributed by atoms with Crippen molar-refractivity contribution in [2.75, 3.05) is 10.6 Å². The lowest BCUT2D eigenvalue weighted by molar-refractivity contribution is -0.117. The number of nitrogens with two attached hydrogens (primary N) is 1. The molecule has 0 aliphatic heterocycles. The fourth-order valence-electron chi connectivity index (χ4n) is 2.09. The Hall–Kier alpha value is -2.18. The van der Waals surface area contributed by atoms with Gasteiger partial charge in [-0.3, -0.25) is 9.59 Å². The molecule has 4 N–H and O–H groups in total. The molecular formula is C17H21N3O2S. The highest BCUT2D eigenvalue weighted by Crippen LogP contribution is 2.17. The molecule has 0 saturated carbocycles. The highest BCUT2D eigenvalue weighted by molar-refractivity contribution is 7.12. The topological polar surface area (TPSA) is 84.2 Å². The van der Waals surface area contributed by atoms with Crippen LogP contribution in [0.5, 0.6) is 0 Å². The molecule has 0 fully saturated rings. The lowest BCUT2D eigenvalue weighted by Gasteiger charge is -2.14. The maximum atomic E-state index is 12.0. The number of rotatable bonds is 6. The van der Waals surface area contributed by atoms with Crippen molar-refractivity contribution in [2.45, 2.75) is 26.3 Å². The molecule has 0 aliphatic rings. The van der Waals surface area contributed by atoms with Gasteiger partial charge in [0.2, 0.25) is 5.91 Å². The van der Waals surface area contributed by atoms with Crippen LogP contribution in [-0.2, 0) is 4.79 Å². The molecule has 1 atom stereocenters. The maximum Gasteiger partial charge on any atom is 0.265 e. The standard InChI is InChI=1S/C17H21N3O2S/c1-11(2)10-14(18)16(21)19-12-5-7-13(8-6-12)20-17(22)15-4-3-9-23-15/h3-9,11,14H,10,18H2,1-2H3,(H,19,21)(H,20,22)/t14-/m0/s1. The number of hydrogen-bond acceptors (Lipinski definition) is 4. The fourth-order valence-corrected chi connectivity index (χ4v) is 2.71. The smallest absolute Gasteiger partial charge is 0.265 e. The Morgan fingerprint density at radius 1 is 1.09 bits per heavy atom. The summed E-state index contributed by atoms with van der Waals surface area (Å²) in [6, 6.07) is 10.1. The minimum atomic E-state index is -0.520. The van der Waals surface area contributed by atoms with Crippen LogP contribution in [0, 0.1) is 5.92 Å². The number of thiophene rings is 1. The molecule has 2 amide bonds.